The summed E-state index contributed by atoms with van der Waals surface area (Å²) in [4.78, 5) is 23.4. The number of ether oxygens (including phenoxy) is 3. The summed E-state index contributed by atoms with van der Waals surface area (Å²) in [5.74, 6) is 0.400. The number of fused-ring (bicyclic) bond motifs is 4. The summed E-state index contributed by atoms with van der Waals surface area (Å²) >= 11 is 0. The Bertz CT molecular complexity index is 888. The van der Waals surface area contributed by atoms with Gasteiger partial charge in [0.05, 0.1) is 0 Å². The molecule has 0 fully saturated rings. The summed E-state index contributed by atoms with van der Waals surface area (Å²) in [5.41, 5.74) is 0.0496. The lowest BCUT2D eigenvalue weighted by molar-refractivity contribution is -0.132. The van der Waals surface area contributed by atoms with Crippen molar-refractivity contribution < 1.29 is 28.9 Å². The second kappa shape index (κ2) is 7.28. The highest BCUT2D eigenvalue weighted by Crippen LogP contribution is 2.50. The molecule has 0 unspecified atom stereocenters. The van der Waals surface area contributed by atoms with Crippen LogP contribution in [0.3, 0.4) is 0 Å². The number of carbonyl (C=O) groups is 2. The van der Waals surface area contributed by atoms with Crippen molar-refractivity contribution in [3.63, 3.8) is 0 Å². The fraction of sp³-hybridized carbons (Fsp3) is 0.364. The van der Waals surface area contributed by atoms with Gasteiger partial charge in [-0.05, 0) is 55.7 Å². The summed E-state index contributed by atoms with van der Waals surface area (Å²) in [6, 6.07) is 6.69. The normalized spacial score (nSPS) is 13.8. The molecule has 3 rings (SSSR count). The summed E-state index contributed by atoms with van der Waals surface area (Å²) in [6.07, 6.45) is 0.803. The largest absolute Gasteiger partial charge is 0.457 e. The van der Waals surface area contributed by atoms with E-state index >= 15 is 0 Å². The lowest BCUT2D eigenvalue weighted by Crippen LogP contribution is -2.29. The van der Waals surface area contributed by atoms with Crippen molar-refractivity contribution in [2.75, 3.05) is 0 Å². The number of aryl methyl sites for hydroxylation is 2. The Labute approximate surface area is 164 Å². The van der Waals surface area contributed by atoms with E-state index in [0.717, 1.165) is 0 Å². The summed E-state index contributed by atoms with van der Waals surface area (Å²) in [7, 11) is 0. The molecule has 0 amide bonds. The average molecular weight is 383 g/mol. The molecule has 2 aromatic carbocycles. The second-order valence-corrected chi connectivity index (χ2v) is 7.10. The molecule has 0 saturated heterocycles. The minimum Gasteiger partial charge on any atom is -0.457 e. The Kier molecular flexibility index (Phi) is 5.17. The Balaban J connectivity index is 2.37. The van der Waals surface area contributed by atoms with E-state index in [1.807, 2.05) is 6.92 Å². The van der Waals surface area contributed by atoms with Crippen molar-refractivity contribution in [1.29, 1.82) is 0 Å². The van der Waals surface area contributed by atoms with Crippen molar-refractivity contribution in [2.24, 2.45) is 0 Å². The van der Waals surface area contributed by atoms with Gasteiger partial charge in [-0.1, -0.05) is 13.3 Å². The first-order chi connectivity index (χ1) is 13.2. The van der Waals surface area contributed by atoms with Crippen LogP contribution in [0, 0.1) is 13.8 Å². The lowest BCUT2D eigenvalue weighted by atomic mass is 9.79. The van der Waals surface area contributed by atoms with Crippen molar-refractivity contribution >= 4 is 11.9 Å². The molecule has 0 N–H and O–H groups in total. The van der Waals surface area contributed by atoms with Crippen molar-refractivity contribution in [1.82, 2.24) is 0 Å². The van der Waals surface area contributed by atoms with Gasteiger partial charge in [-0.15, -0.1) is 0 Å². The van der Waals surface area contributed by atoms with Gasteiger partial charge in [0.15, 0.2) is 5.60 Å². The molecule has 2 aromatic rings. The third-order valence-corrected chi connectivity index (χ3v) is 4.70. The molecule has 0 saturated carbocycles. The number of carbonyl (C=O) groups excluding carboxylic acids is 2. The minimum atomic E-state index is -1.78. The standard InChI is InChI=1S/C22H23O6/c1-6-7-22(25)18-10-16(8-12(2)20(18)26-14(4)23)28-17-9-13(3)21(19(22)11-17)27-15(5)24/h8-11H,6-7H2,1-5H3. The fourth-order valence-corrected chi connectivity index (χ4v) is 3.66. The maximum atomic E-state index is 14.4. The zero-order valence-corrected chi connectivity index (χ0v) is 16.7. The van der Waals surface area contributed by atoms with E-state index in [1.165, 1.54) is 13.8 Å². The highest BCUT2D eigenvalue weighted by atomic mass is 16.5. The minimum absolute atomic E-state index is 0.224. The van der Waals surface area contributed by atoms with E-state index in [9.17, 15) is 14.7 Å². The second-order valence-electron chi connectivity index (χ2n) is 7.10. The smallest absolute Gasteiger partial charge is 0.308 e. The molecular formula is C22H23O6. The van der Waals surface area contributed by atoms with E-state index in [0.29, 0.717) is 40.2 Å². The van der Waals surface area contributed by atoms with Gasteiger partial charge in [-0.2, -0.15) is 0 Å². The molecule has 1 heterocycles. The van der Waals surface area contributed by atoms with Gasteiger partial charge in [0.1, 0.15) is 23.0 Å². The molecule has 1 aliphatic rings. The summed E-state index contributed by atoms with van der Waals surface area (Å²) in [5, 5.41) is 14.4. The molecule has 1 radical (unpaired) electrons. The monoisotopic (exact) mass is 383 g/mol. The van der Waals surface area contributed by atoms with Crippen LogP contribution in [-0.4, -0.2) is 11.9 Å². The van der Waals surface area contributed by atoms with Crippen LogP contribution in [0.4, 0.5) is 0 Å². The molecule has 6 heteroatoms. The van der Waals surface area contributed by atoms with Crippen molar-refractivity contribution in [3.8, 4) is 23.0 Å². The number of hydrogen-bond acceptors (Lipinski definition) is 5. The molecule has 4 bridgehead atoms. The van der Waals surface area contributed by atoms with Gasteiger partial charge in [0.2, 0.25) is 0 Å². The van der Waals surface area contributed by atoms with Crippen LogP contribution in [-0.2, 0) is 20.3 Å². The van der Waals surface area contributed by atoms with Crippen LogP contribution in [0.25, 0.3) is 0 Å². The Morgan fingerprint density at radius 1 is 0.893 bits per heavy atom. The topological polar surface area (TPSA) is 81.7 Å². The molecule has 147 valence electrons. The molecule has 1 aliphatic heterocycles. The van der Waals surface area contributed by atoms with E-state index in [1.54, 1.807) is 38.1 Å². The molecule has 0 spiro atoms. The number of rotatable bonds is 4. The maximum absolute atomic E-state index is 14.4. The van der Waals surface area contributed by atoms with Crippen molar-refractivity contribution in [3.05, 3.63) is 46.5 Å². The van der Waals surface area contributed by atoms with Crippen LogP contribution in [0.1, 0.15) is 55.9 Å². The van der Waals surface area contributed by atoms with Gasteiger partial charge in [-0.25, -0.2) is 5.11 Å². The maximum Gasteiger partial charge on any atom is 0.308 e. The Morgan fingerprint density at radius 2 is 1.32 bits per heavy atom. The van der Waals surface area contributed by atoms with Gasteiger partial charge in [-0.3, -0.25) is 9.59 Å². The van der Waals surface area contributed by atoms with Crippen LogP contribution >= 0.6 is 0 Å². The zero-order chi connectivity index (χ0) is 20.6. The predicted molar refractivity (Wildman–Crippen MR) is 101 cm³/mol. The van der Waals surface area contributed by atoms with Crippen molar-refractivity contribution in [2.45, 2.75) is 53.1 Å². The molecule has 28 heavy (non-hydrogen) atoms. The van der Waals surface area contributed by atoms with E-state index in [-0.39, 0.29) is 17.9 Å². The number of benzene rings is 2. The van der Waals surface area contributed by atoms with Gasteiger partial charge < -0.3 is 14.2 Å². The first-order valence-electron chi connectivity index (χ1n) is 9.21. The Hall–Kier alpha value is -2.86. The third-order valence-electron chi connectivity index (χ3n) is 4.70. The highest BCUT2D eigenvalue weighted by Gasteiger charge is 2.42. The first-order valence-corrected chi connectivity index (χ1v) is 9.21. The Morgan fingerprint density at radius 3 is 1.68 bits per heavy atom. The van der Waals surface area contributed by atoms with Crippen LogP contribution in [0.2, 0.25) is 0 Å². The SMILES string of the molecule is CCCC1([O])c2cc(cc(C)c2OC(C)=O)Oc2cc(C)c(OC(C)=O)c1c2. The molecular weight excluding hydrogens is 360 g/mol. The van der Waals surface area contributed by atoms with Crippen LogP contribution in [0.5, 0.6) is 23.0 Å². The molecule has 6 nitrogen and oxygen atoms in total. The van der Waals surface area contributed by atoms with Gasteiger partial charge in [0, 0.05) is 25.0 Å². The zero-order valence-electron chi connectivity index (χ0n) is 16.7. The van der Waals surface area contributed by atoms with Gasteiger partial charge >= 0.3 is 11.9 Å². The quantitative estimate of drug-likeness (QED) is 0.563. The summed E-state index contributed by atoms with van der Waals surface area (Å²) < 4.78 is 16.8. The molecule has 0 aliphatic carbocycles. The first kappa shape index (κ1) is 19.9. The predicted octanol–water partition coefficient (Wildman–Crippen LogP) is 4.73. The van der Waals surface area contributed by atoms with E-state index < -0.39 is 17.5 Å². The molecule has 0 atom stereocenters. The van der Waals surface area contributed by atoms with Crippen LogP contribution in [0.15, 0.2) is 24.3 Å². The number of hydrogen-bond donors (Lipinski definition) is 0. The van der Waals surface area contributed by atoms with E-state index in [2.05, 4.69) is 0 Å². The fourth-order valence-electron chi connectivity index (χ4n) is 3.66. The third kappa shape index (κ3) is 3.47. The molecule has 0 aromatic heterocycles. The summed E-state index contributed by atoms with van der Waals surface area (Å²) in [6.45, 7) is 8.01. The van der Waals surface area contributed by atoms with E-state index in [4.69, 9.17) is 14.2 Å². The highest BCUT2D eigenvalue weighted by molar-refractivity contribution is 5.73. The van der Waals surface area contributed by atoms with Gasteiger partial charge in [0.25, 0.3) is 0 Å². The average Bonchev–Trinajstić information content (AvgIpc) is 2.57. The lowest BCUT2D eigenvalue weighted by Gasteiger charge is -2.32. The van der Waals surface area contributed by atoms with Crippen LogP contribution < -0.4 is 14.2 Å². The number of esters is 2.